The van der Waals surface area contributed by atoms with E-state index in [-0.39, 0.29) is 11.6 Å². The Hall–Kier alpha value is -4.24. The van der Waals surface area contributed by atoms with Crippen LogP contribution >= 0.6 is 0 Å². The Balaban J connectivity index is 1.46. The number of methoxy groups -OCH3 is 1. The zero-order chi connectivity index (χ0) is 25.6. The van der Waals surface area contributed by atoms with E-state index in [1.807, 2.05) is 59.3 Å². The molecule has 5 aromatic rings. The second kappa shape index (κ2) is 11.2. The normalized spacial score (nSPS) is 12.3. The number of furan rings is 1. The van der Waals surface area contributed by atoms with Gasteiger partial charge in [-0.1, -0.05) is 37.3 Å². The second-order valence-electron chi connectivity index (χ2n) is 8.98. The summed E-state index contributed by atoms with van der Waals surface area (Å²) < 4.78 is 12.9. The average molecular weight is 499 g/mol. The molecule has 1 unspecified atom stereocenters. The first-order valence-corrected chi connectivity index (χ1v) is 12.4. The van der Waals surface area contributed by atoms with Crippen molar-refractivity contribution in [3.05, 3.63) is 106 Å². The van der Waals surface area contributed by atoms with Gasteiger partial charge in [-0.2, -0.15) is 0 Å². The van der Waals surface area contributed by atoms with Gasteiger partial charge >= 0.3 is 0 Å². The number of benzene rings is 2. The van der Waals surface area contributed by atoms with Gasteiger partial charge in [-0.05, 0) is 65.2 Å². The van der Waals surface area contributed by atoms with E-state index in [0.29, 0.717) is 25.2 Å². The minimum Gasteiger partial charge on any atom is -0.497 e. The van der Waals surface area contributed by atoms with Gasteiger partial charge < -0.3 is 14.1 Å². The molecule has 0 fully saturated rings. The predicted molar refractivity (Wildman–Crippen MR) is 140 cm³/mol. The first-order valence-electron chi connectivity index (χ1n) is 12.4. The van der Waals surface area contributed by atoms with E-state index in [0.717, 1.165) is 41.1 Å². The number of hydrogen-bond acceptors (Lipinski definition) is 7. The highest BCUT2D eigenvalue weighted by Gasteiger charge is 2.26. The number of H-pyrrole nitrogens is 1. The maximum absolute atomic E-state index is 13.1. The SMILES string of the molecule is CCC(c1nnnn1CCc1ccccc1)N(Cc1ccco1)Cc1cc2cc(OC)ccc2[nH]c1=O. The molecular formula is C28H30N6O3. The number of aromatic nitrogens is 5. The molecule has 0 radical (unpaired) electrons. The highest BCUT2D eigenvalue weighted by atomic mass is 16.5. The van der Waals surface area contributed by atoms with Crippen molar-refractivity contribution in [2.75, 3.05) is 7.11 Å². The van der Waals surface area contributed by atoms with Crippen LogP contribution in [0.4, 0.5) is 0 Å². The number of ether oxygens (including phenoxy) is 1. The fraction of sp³-hybridized carbons (Fsp3) is 0.286. The molecule has 190 valence electrons. The zero-order valence-corrected chi connectivity index (χ0v) is 21.0. The van der Waals surface area contributed by atoms with E-state index < -0.39 is 0 Å². The highest BCUT2D eigenvalue weighted by Crippen LogP contribution is 2.27. The van der Waals surface area contributed by atoms with Gasteiger partial charge in [0.15, 0.2) is 5.82 Å². The fourth-order valence-corrected chi connectivity index (χ4v) is 4.67. The van der Waals surface area contributed by atoms with Crippen LogP contribution in [0.1, 0.15) is 42.1 Å². The van der Waals surface area contributed by atoms with Crippen LogP contribution in [0.3, 0.4) is 0 Å². The predicted octanol–water partition coefficient (Wildman–Crippen LogP) is 4.51. The monoisotopic (exact) mass is 498 g/mol. The number of pyridine rings is 1. The Kier molecular flexibility index (Phi) is 7.41. The lowest BCUT2D eigenvalue weighted by Gasteiger charge is -2.29. The molecule has 0 amide bonds. The summed E-state index contributed by atoms with van der Waals surface area (Å²) in [6, 6.07) is 21.5. The number of aryl methyl sites for hydroxylation is 2. The summed E-state index contributed by atoms with van der Waals surface area (Å²) in [7, 11) is 1.63. The van der Waals surface area contributed by atoms with Crippen LogP contribution in [-0.2, 0) is 26.1 Å². The molecule has 5 rings (SSSR count). The Morgan fingerprint density at radius 2 is 1.95 bits per heavy atom. The number of fused-ring (bicyclic) bond motifs is 1. The van der Waals surface area contributed by atoms with Crippen LogP contribution in [0.5, 0.6) is 5.75 Å². The molecule has 1 atom stereocenters. The van der Waals surface area contributed by atoms with E-state index in [9.17, 15) is 4.79 Å². The van der Waals surface area contributed by atoms with E-state index in [2.05, 4.69) is 44.5 Å². The lowest BCUT2D eigenvalue weighted by molar-refractivity contribution is 0.148. The molecule has 0 spiro atoms. The van der Waals surface area contributed by atoms with Crippen molar-refractivity contribution >= 4 is 10.9 Å². The van der Waals surface area contributed by atoms with Crippen LogP contribution in [0.15, 0.2) is 82.2 Å². The molecule has 3 aromatic heterocycles. The first-order chi connectivity index (χ1) is 18.1. The minimum absolute atomic E-state index is 0.124. The van der Waals surface area contributed by atoms with E-state index in [1.165, 1.54) is 5.56 Å². The van der Waals surface area contributed by atoms with Crippen LogP contribution in [-0.4, -0.2) is 37.2 Å². The Labute approximate surface area is 214 Å². The largest absolute Gasteiger partial charge is 0.497 e. The molecule has 3 heterocycles. The van der Waals surface area contributed by atoms with Gasteiger partial charge in [0.1, 0.15) is 11.5 Å². The lowest BCUT2D eigenvalue weighted by atomic mass is 10.1. The third kappa shape index (κ3) is 5.62. The van der Waals surface area contributed by atoms with Crippen LogP contribution < -0.4 is 10.3 Å². The molecule has 0 bridgehead atoms. The molecule has 0 saturated carbocycles. The van der Waals surface area contributed by atoms with Crippen molar-refractivity contribution < 1.29 is 9.15 Å². The molecular weight excluding hydrogens is 468 g/mol. The standard InChI is InChI=1S/C28H30N6O3/c1-3-26(27-30-31-32-34(27)14-13-20-8-5-4-6-9-20)33(19-24-10-7-15-37-24)18-22-16-21-17-23(36-2)11-12-25(21)29-28(22)35/h4-12,15-17,26H,3,13-14,18-19H2,1-2H3,(H,29,35). The summed E-state index contributed by atoms with van der Waals surface area (Å²) in [5, 5.41) is 13.6. The van der Waals surface area contributed by atoms with Gasteiger partial charge in [0.2, 0.25) is 0 Å². The molecule has 0 saturated heterocycles. The summed E-state index contributed by atoms with van der Waals surface area (Å²) in [5.74, 6) is 2.31. The fourth-order valence-electron chi connectivity index (χ4n) is 4.67. The van der Waals surface area contributed by atoms with E-state index in [4.69, 9.17) is 9.15 Å². The molecule has 0 aliphatic rings. The molecule has 0 aliphatic heterocycles. The maximum Gasteiger partial charge on any atom is 0.252 e. The third-order valence-electron chi connectivity index (χ3n) is 6.58. The van der Waals surface area contributed by atoms with E-state index in [1.54, 1.807) is 13.4 Å². The lowest BCUT2D eigenvalue weighted by Crippen LogP contribution is -2.32. The maximum atomic E-state index is 13.1. The number of rotatable bonds is 11. The third-order valence-corrected chi connectivity index (χ3v) is 6.58. The van der Waals surface area contributed by atoms with E-state index >= 15 is 0 Å². The molecule has 9 heteroatoms. The van der Waals surface area contributed by atoms with Crippen LogP contribution in [0.25, 0.3) is 10.9 Å². The van der Waals surface area contributed by atoms with Crippen molar-refractivity contribution in [2.45, 2.75) is 45.4 Å². The Morgan fingerprint density at radius 1 is 1.08 bits per heavy atom. The molecule has 9 nitrogen and oxygen atoms in total. The van der Waals surface area contributed by atoms with Crippen molar-refractivity contribution in [2.24, 2.45) is 0 Å². The number of hydrogen-bond donors (Lipinski definition) is 1. The average Bonchev–Trinajstić information content (AvgIpc) is 3.61. The number of aromatic amines is 1. The topological polar surface area (TPSA) is 102 Å². The minimum atomic E-state index is -0.128. The number of tetrazole rings is 1. The summed E-state index contributed by atoms with van der Waals surface area (Å²) in [5.41, 5.74) is 2.52. The number of nitrogens with one attached hydrogen (secondary N) is 1. The quantitative estimate of drug-likeness (QED) is 0.286. The summed E-state index contributed by atoms with van der Waals surface area (Å²) in [4.78, 5) is 18.3. The van der Waals surface area contributed by atoms with Crippen LogP contribution in [0.2, 0.25) is 0 Å². The van der Waals surface area contributed by atoms with Gasteiger partial charge in [-0.25, -0.2) is 4.68 Å². The molecule has 37 heavy (non-hydrogen) atoms. The smallest absolute Gasteiger partial charge is 0.252 e. The molecule has 2 aromatic carbocycles. The van der Waals surface area contributed by atoms with Gasteiger partial charge in [0.25, 0.3) is 5.56 Å². The Morgan fingerprint density at radius 3 is 2.70 bits per heavy atom. The van der Waals surface area contributed by atoms with Gasteiger partial charge in [-0.3, -0.25) is 9.69 Å². The van der Waals surface area contributed by atoms with Crippen molar-refractivity contribution in [1.82, 2.24) is 30.1 Å². The summed E-state index contributed by atoms with van der Waals surface area (Å²) in [6.45, 7) is 3.67. The van der Waals surface area contributed by atoms with Crippen molar-refractivity contribution in [3.8, 4) is 5.75 Å². The second-order valence-corrected chi connectivity index (χ2v) is 8.98. The first kappa shape index (κ1) is 24.5. The number of nitrogens with zero attached hydrogens (tertiary/aromatic N) is 5. The Bertz CT molecular complexity index is 1490. The van der Waals surface area contributed by atoms with Gasteiger partial charge in [0, 0.05) is 29.6 Å². The van der Waals surface area contributed by atoms with Crippen LogP contribution in [0, 0.1) is 0 Å². The summed E-state index contributed by atoms with van der Waals surface area (Å²) >= 11 is 0. The molecule has 0 aliphatic carbocycles. The van der Waals surface area contributed by atoms with Gasteiger partial charge in [-0.15, -0.1) is 5.10 Å². The molecule has 1 N–H and O–H groups in total. The van der Waals surface area contributed by atoms with Gasteiger partial charge in [0.05, 0.1) is 26.0 Å². The summed E-state index contributed by atoms with van der Waals surface area (Å²) in [6.07, 6.45) is 3.24. The highest BCUT2D eigenvalue weighted by molar-refractivity contribution is 5.80. The zero-order valence-electron chi connectivity index (χ0n) is 21.0. The van der Waals surface area contributed by atoms with Crippen molar-refractivity contribution in [1.29, 1.82) is 0 Å². The van der Waals surface area contributed by atoms with Crippen molar-refractivity contribution in [3.63, 3.8) is 0 Å².